The predicted molar refractivity (Wildman–Crippen MR) is 66.8 cm³/mol. The van der Waals surface area contributed by atoms with Crippen LogP contribution in [0.1, 0.15) is 0 Å². The molecule has 0 spiro atoms. The Labute approximate surface area is 127 Å². The van der Waals surface area contributed by atoms with Gasteiger partial charge < -0.3 is 0 Å². The van der Waals surface area contributed by atoms with Gasteiger partial charge in [0.2, 0.25) is 0 Å². The van der Waals surface area contributed by atoms with Gasteiger partial charge >= 0.3 is 105 Å². The van der Waals surface area contributed by atoms with Crippen molar-refractivity contribution in [2.24, 2.45) is 0 Å². The average molecular weight is 319 g/mol. The normalized spacial score (nSPS) is 11.1. The van der Waals surface area contributed by atoms with E-state index in [1.54, 1.807) is 5.16 Å². The Hall–Kier alpha value is -0.160. The van der Waals surface area contributed by atoms with E-state index in [0.29, 0.717) is 36.8 Å². The van der Waals surface area contributed by atoms with E-state index >= 15 is 0 Å². The maximum absolute atomic E-state index is 10.8. The Morgan fingerprint density at radius 3 is 1.56 bits per heavy atom. The van der Waals surface area contributed by atoms with Gasteiger partial charge in [-0.2, -0.15) is 0 Å². The van der Waals surface area contributed by atoms with Crippen molar-refractivity contribution < 1.29 is 25.9 Å². The fraction of sp³-hybridized carbons (Fsp3) is 0. The number of benzene rings is 1. The van der Waals surface area contributed by atoms with Crippen LogP contribution in [0.3, 0.4) is 0 Å². The van der Waals surface area contributed by atoms with Gasteiger partial charge in [-0.15, -0.1) is 0 Å². The van der Waals surface area contributed by atoms with E-state index in [2.05, 4.69) is 12.2 Å². The topological polar surface area (TPSA) is 133 Å². The zero-order chi connectivity index (χ0) is 14.6. The van der Waals surface area contributed by atoms with Gasteiger partial charge in [-0.3, -0.25) is 0 Å². The Balaban J connectivity index is 0.000000873. The molecule has 0 aromatic heterocycles. The molecule has 0 aliphatic carbocycles. The number of nitrogens with one attached hydrogen (secondary N) is 1. The minimum absolute atomic E-state index is 0.387. The Morgan fingerprint density at radius 2 is 1.33 bits per heavy atom. The van der Waals surface area contributed by atoms with Crippen molar-refractivity contribution in [3.8, 4) is 0 Å². The van der Waals surface area contributed by atoms with Crippen molar-refractivity contribution in [1.29, 1.82) is 5.41 Å². The van der Waals surface area contributed by atoms with Crippen LogP contribution in [0.4, 0.5) is 0 Å². The third-order valence-corrected chi connectivity index (χ3v) is 3.86. The van der Waals surface area contributed by atoms with Crippen LogP contribution >= 0.6 is 12.2 Å². The minimum atomic E-state index is -4.46. The molecule has 0 atom stereocenters. The van der Waals surface area contributed by atoms with Crippen molar-refractivity contribution in [2.75, 3.05) is 0 Å². The van der Waals surface area contributed by atoms with Crippen LogP contribution in [0.5, 0.6) is 0 Å². The van der Waals surface area contributed by atoms with Gasteiger partial charge in [0.15, 0.2) is 0 Å². The van der Waals surface area contributed by atoms with E-state index in [1.807, 2.05) is 0 Å². The first-order valence-corrected chi connectivity index (χ1v) is 8.41. The maximum atomic E-state index is 10.8. The summed E-state index contributed by atoms with van der Waals surface area (Å²) in [5.74, 6) is 0. The summed E-state index contributed by atoms with van der Waals surface area (Å²) in [7, 11) is -8.92. The molecule has 0 heterocycles. The summed E-state index contributed by atoms with van der Waals surface area (Å²) in [4.78, 5) is -1.08. The second-order valence-electron chi connectivity index (χ2n) is 3.03. The Morgan fingerprint density at radius 1 is 1.06 bits per heavy atom. The molecule has 1 aromatic rings. The molecule has 94 valence electrons. The second kappa shape index (κ2) is 6.85. The second-order valence-corrected chi connectivity index (χ2v) is 7.24. The molecule has 0 aliphatic rings. The first-order valence-electron chi connectivity index (χ1n) is 4.13. The molecule has 1 rings (SSSR count). The summed E-state index contributed by atoms with van der Waals surface area (Å²) in [6.07, 6.45) is 0. The zero-order valence-corrected chi connectivity index (χ0v) is 13.4. The van der Waals surface area contributed by atoms with Crippen LogP contribution in [-0.4, -0.2) is 59.0 Å². The third-order valence-electron chi connectivity index (χ3n) is 1.62. The molecule has 18 heavy (non-hydrogen) atoms. The van der Waals surface area contributed by atoms with E-state index in [9.17, 15) is 16.8 Å². The van der Waals surface area contributed by atoms with E-state index < -0.39 is 30.0 Å². The van der Waals surface area contributed by atoms with Gasteiger partial charge in [0.05, 0.1) is 5.16 Å². The number of hydrogen-bond donors (Lipinski definition) is 3. The Kier molecular flexibility index (Phi) is 6.79. The summed E-state index contributed by atoms with van der Waals surface area (Å²) < 4.78 is 60.9. The van der Waals surface area contributed by atoms with Gasteiger partial charge in [-0.25, -0.2) is 5.41 Å². The van der Waals surface area contributed by atoms with Gasteiger partial charge in [0.25, 0.3) is 0 Å². The van der Waals surface area contributed by atoms with Crippen LogP contribution in [0, 0.1) is 5.41 Å². The van der Waals surface area contributed by atoms with Crippen LogP contribution in [0.25, 0.3) is 0 Å². The van der Waals surface area contributed by atoms with Gasteiger partial charge in [0.1, 0.15) is 0 Å². The summed E-state index contributed by atoms with van der Waals surface area (Å²) in [6, 6.07) is 3.00. The monoisotopic (exact) mass is 319 g/mol. The molecule has 7 nitrogen and oxygen atoms in total. The molecule has 1 aromatic carbocycles. The van der Waals surface area contributed by atoms with Crippen molar-refractivity contribution in [3.63, 3.8) is 0 Å². The first kappa shape index (κ1) is 17.8. The van der Waals surface area contributed by atoms with E-state index in [-0.39, 0.29) is 0 Å². The molecule has 0 fully saturated rings. The molecule has 0 amide bonds. The molecule has 0 saturated heterocycles. The van der Waals surface area contributed by atoms with Crippen LogP contribution in [0.2, 0.25) is 0 Å². The fourth-order valence-corrected chi connectivity index (χ4v) is 3.35. The van der Waals surface area contributed by atoms with E-state index in [1.165, 1.54) is 0 Å². The molecule has 0 unspecified atom stereocenters. The summed E-state index contributed by atoms with van der Waals surface area (Å²) in [6.45, 7) is 0. The van der Waals surface area contributed by atoms with Crippen molar-refractivity contribution in [2.45, 2.75) is 9.79 Å². The van der Waals surface area contributed by atoms with Gasteiger partial charge in [0, 0.05) is 0 Å². The number of isothiocyanates is 1. The predicted octanol–water partition coefficient (Wildman–Crippen LogP) is -0.358. The Bertz CT molecular complexity index is 625. The molecular weight excluding hydrogens is 313 g/mol. The van der Waals surface area contributed by atoms with Crippen molar-refractivity contribution >= 4 is 68.4 Å². The summed E-state index contributed by atoms with van der Waals surface area (Å²) >= 11 is 4.20. The fourth-order valence-electron chi connectivity index (χ4n) is 1.01. The molecule has 11 heteroatoms. The number of thiocarbonyl (C=S) groups is 1. The zero-order valence-electron chi connectivity index (χ0n) is 8.98. The summed E-state index contributed by atoms with van der Waals surface area (Å²) in [5, 5.41) is 7.36. The van der Waals surface area contributed by atoms with E-state index in [4.69, 9.17) is 14.5 Å². The molecular formula is C7H6NNaO6S3. The molecule has 3 N–H and O–H groups in total. The summed E-state index contributed by atoms with van der Waals surface area (Å²) in [5.41, 5.74) is 0. The van der Waals surface area contributed by atoms with Crippen LogP contribution in [-0.2, 0) is 20.2 Å². The molecule has 0 aliphatic heterocycles. The van der Waals surface area contributed by atoms with Crippen molar-refractivity contribution in [3.05, 3.63) is 18.2 Å². The van der Waals surface area contributed by atoms with Gasteiger partial charge in [-0.1, -0.05) is 0 Å². The van der Waals surface area contributed by atoms with Gasteiger partial charge in [-0.05, 0) is 12.2 Å². The first-order chi connectivity index (χ1) is 8.02. The molecule has 0 bridgehead atoms. The molecule has 0 radical (unpaired) electrons. The number of hydrogen-bond acceptors (Lipinski definition) is 6. The van der Waals surface area contributed by atoms with Crippen LogP contribution < -0.4 is 2.81 Å². The number of rotatable bonds is 2. The SMILES string of the molecule is N=C=S.O=S(=O)(O)c1c[c]([Na])cc(S(=O)(=O)O)c1. The van der Waals surface area contributed by atoms with E-state index in [0.717, 1.165) is 12.1 Å². The van der Waals surface area contributed by atoms with Crippen molar-refractivity contribution in [1.82, 2.24) is 0 Å². The quantitative estimate of drug-likeness (QED) is 0.293. The molecule has 0 saturated carbocycles. The standard InChI is InChI=1S/C6H5O6S2.CHNS.Na/c7-13(8,9)5-2-1-3-6(4-5)14(10,11)12;2-1-3;/h2-4H,(H,7,8,9)(H,10,11,12);2H;. The average Bonchev–Trinajstić information content (AvgIpc) is 2.15. The third kappa shape index (κ3) is 6.14. The van der Waals surface area contributed by atoms with Crippen LogP contribution in [0.15, 0.2) is 28.0 Å².